The summed E-state index contributed by atoms with van der Waals surface area (Å²) in [6.07, 6.45) is 0.602. The van der Waals surface area contributed by atoms with Gasteiger partial charge in [0.05, 0.1) is 18.5 Å². The van der Waals surface area contributed by atoms with E-state index in [1.807, 2.05) is 13.0 Å². The molecule has 2 aromatic carbocycles. The van der Waals surface area contributed by atoms with E-state index >= 15 is 0 Å². The van der Waals surface area contributed by atoms with E-state index in [0.717, 1.165) is 12.0 Å². The first-order valence-corrected chi connectivity index (χ1v) is 9.79. The molecule has 0 aliphatic carbocycles. The molecule has 1 atom stereocenters. The number of ether oxygens (including phenoxy) is 1. The Hall–Kier alpha value is -3.42. The summed E-state index contributed by atoms with van der Waals surface area (Å²) < 4.78 is 5.24. The molecule has 0 heterocycles. The van der Waals surface area contributed by atoms with E-state index in [1.165, 1.54) is 11.0 Å². The molecule has 2 rings (SSSR count). The topological polar surface area (TPSA) is 102 Å². The van der Waals surface area contributed by atoms with Gasteiger partial charge in [-0.25, -0.2) is 0 Å². The predicted octanol–water partition coefficient (Wildman–Crippen LogP) is 3.09. The summed E-state index contributed by atoms with van der Waals surface area (Å²) >= 11 is 0. The second-order valence-corrected chi connectivity index (χ2v) is 6.90. The van der Waals surface area contributed by atoms with Crippen LogP contribution in [0.2, 0.25) is 0 Å². The summed E-state index contributed by atoms with van der Waals surface area (Å²) in [7, 11) is 1.55. The molecule has 0 aromatic heterocycles. The number of nitrogens with one attached hydrogen (secondary N) is 1. The molecule has 0 unspecified atom stereocenters. The van der Waals surface area contributed by atoms with E-state index in [9.17, 15) is 19.7 Å². The summed E-state index contributed by atoms with van der Waals surface area (Å²) in [6, 6.07) is 12.6. The summed E-state index contributed by atoms with van der Waals surface area (Å²) in [4.78, 5) is 37.9. The smallest absolute Gasteiger partial charge is 0.273 e. The number of hydrogen-bond donors (Lipinski definition) is 1. The van der Waals surface area contributed by atoms with Crippen molar-refractivity contribution in [2.24, 2.45) is 0 Å². The third-order valence-corrected chi connectivity index (χ3v) is 4.73. The van der Waals surface area contributed by atoms with Crippen molar-refractivity contribution in [1.82, 2.24) is 10.2 Å². The fourth-order valence-electron chi connectivity index (χ4n) is 3.05. The van der Waals surface area contributed by atoms with E-state index in [2.05, 4.69) is 5.32 Å². The van der Waals surface area contributed by atoms with Crippen LogP contribution in [-0.2, 0) is 22.6 Å². The first-order chi connectivity index (χ1) is 14.4. The molecule has 0 fully saturated rings. The molecule has 8 heteroatoms. The van der Waals surface area contributed by atoms with Gasteiger partial charge in [0.1, 0.15) is 11.8 Å². The second-order valence-electron chi connectivity index (χ2n) is 6.90. The number of nitro benzene ring substituents is 1. The average molecular weight is 413 g/mol. The molecule has 2 aromatic rings. The van der Waals surface area contributed by atoms with Crippen molar-refractivity contribution in [2.75, 3.05) is 13.7 Å². The monoisotopic (exact) mass is 413 g/mol. The molecular weight excluding hydrogens is 386 g/mol. The van der Waals surface area contributed by atoms with Gasteiger partial charge in [0.25, 0.3) is 5.69 Å². The zero-order chi connectivity index (χ0) is 22.1. The van der Waals surface area contributed by atoms with Gasteiger partial charge >= 0.3 is 0 Å². The maximum absolute atomic E-state index is 13.2. The first kappa shape index (κ1) is 22.9. The van der Waals surface area contributed by atoms with E-state index in [1.54, 1.807) is 50.4 Å². The Bertz CT molecular complexity index is 900. The van der Waals surface area contributed by atoms with Crippen LogP contribution in [0.4, 0.5) is 5.69 Å². The number of carbonyl (C=O) groups excluding carboxylic acids is 2. The number of carbonyl (C=O) groups is 2. The lowest BCUT2D eigenvalue weighted by Crippen LogP contribution is -2.48. The van der Waals surface area contributed by atoms with Crippen LogP contribution in [0.5, 0.6) is 5.75 Å². The van der Waals surface area contributed by atoms with Gasteiger partial charge in [-0.15, -0.1) is 0 Å². The number of amides is 2. The van der Waals surface area contributed by atoms with Gasteiger partial charge in [-0.05, 0) is 31.0 Å². The normalized spacial score (nSPS) is 11.4. The van der Waals surface area contributed by atoms with Gasteiger partial charge in [-0.3, -0.25) is 19.7 Å². The number of nitrogens with zero attached hydrogens (tertiary/aromatic N) is 2. The van der Waals surface area contributed by atoms with E-state index in [4.69, 9.17) is 4.74 Å². The number of benzene rings is 2. The van der Waals surface area contributed by atoms with Gasteiger partial charge < -0.3 is 15.0 Å². The van der Waals surface area contributed by atoms with Crippen LogP contribution in [0.15, 0.2) is 48.5 Å². The molecule has 2 amide bonds. The van der Waals surface area contributed by atoms with Crippen LogP contribution >= 0.6 is 0 Å². The maximum Gasteiger partial charge on any atom is 0.273 e. The molecule has 8 nitrogen and oxygen atoms in total. The Morgan fingerprint density at radius 2 is 1.93 bits per heavy atom. The lowest BCUT2D eigenvalue weighted by Gasteiger charge is -2.29. The largest absolute Gasteiger partial charge is 0.497 e. The third kappa shape index (κ3) is 6.04. The lowest BCUT2D eigenvalue weighted by atomic mass is 10.1. The van der Waals surface area contributed by atoms with Crippen molar-refractivity contribution in [1.29, 1.82) is 0 Å². The maximum atomic E-state index is 13.2. The van der Waals surface area contributed by atoms with Crippen LogP contribution < -0.4 is 10.1 Å². The molecule has 1 N–H and O–H groups in total. The van der Waals surface area contributed by atoms with Crippen molar-refractivity contribution in [2.45, 2.75) is 39.3 Å². The predicted molar refractivity (Wildman–Crippen MR) is 113 cm³/mol. The zero-order valence-electron chi connectivity index (χ0n) is 17.5. The van der Waals surface area contributed by atoms with E-state index in [-0.39, 0.29) is 30.5 Å². The molecule has 0 aliphatic heterocycles. The minimum Gasteiger partial charge on any atom is -0.497 e. The molecule has 0 bridgehead atoms. The SMILES string of the molecule is CCCNC(=O)[C@H](C)N(Cc1cccc(OC)c1)C(=O)Cc1ccccc1[N+](=O)[O-]. The Labute approximate surface area is 176 Å². The number of hydrogen-bond acceptors (Lipinski definition) is 5. The fourth-order valence-corrected chi connectivity index (χ4v) is 3.05. The highest BCUT2D eigenvalue weighted by molar-refractivity contribution is 5.88. The number of nitro groups is 1. The van der Waals surface area contributed by atoms with Crippen LogP contribution in [0.3, 0.4) is 0 Å². The molecule has 0 saturated carbocycles. The molecule has 160 valence electrons. The third-order valence-electron chi connectivity index (χ3n) is 4.73. The first-order valence-electron chi connectivity index (χ1n) is 9.79. The van der Waals surface area contributed by atoms with Crippen LogP contribution in [-0.4, -0.2) is 41.3 Å². The summed E-state index contributed by atoms with van der Waals surface area (Å²) in [5.41, 5.74) is 0.986. The Morgan fingerprint density at radius 3 is 2.60 bits per heavy atom. The highest BCUT2D eigenvalue weighted by atomic mass is 16.6. The van der Waals surface area contributed by atoms with E-state index < -0.39 is 11.0 Å². The van der Waals surface area contributed by atoms with Gasteiger partial charge in [-0.2, -0.15) is 0 Å². The minimum absolute atomic E-state index is 0.115. The van der Waals surface area contributed by atoms with Gasteiger partial charge in [0.15, 0.2) is 0 Å². The number of para-hydroxylation sites is 1. The molecular formula is C22H27N3O5. The number of methoxy groups -OCH3 is 1. The highest BCUT2D eigenvalue weighted by Gasteiger charge is 2.27. The van der Waals surface area contributed by atoms with Crippen molar-refractivity contribution in [3.63, 3.8) is 0 Å². The van der Waals surface area contributed by atoms with Gasteiger partial charge in [0, 0.05) is 24.7 Å². The Kier molecular flexibility index (Phi) is 8.34. The highest BCUT2D eigenvalue weighted by Crippen LogP contribution is 2.21. The van der Waals surface area contributed by atoms with Gasteiger partial charge in [0.2, 0.25) is 11.8 Å². The molecule has 0 radical (unpaired) electrons. The molecule has 0 spiro atoms. The Balaban J connectivity index is 2.30. The molecule has 0 saturated heterocycles. The van der Waals surface area contributed by atoms with Gasteiger partial charge in [-0.1, -0.05) is 37.3 Å². The summed E-state index contributed by atoms with van der Waals surface area (Å²) in [5.74, 6) is 0.00334. The Morgan fingerprint density at radius 1 is 1.20 bits per heavy atom. The van der Waals surface area contributed by atoms with Crippen LogP contribution in [0.1, 0.15) is 31.4 Å². The molecule has 30 heavy (non-hydrogen) atoms. The van der Waals surface area contributed by atoms with E-state index in [0.29, 0.717) is 17.9 Å². The quantitative estimate of drug-likeness (QED) is 0.476. The fraction of sp³-hybridized carbons (Fsp3) is 0.364. The van der Waals surface area contributed by atoms with Crippen LogP contribution in [0.25, 0.3) is 0 Å². The van der Waals surface area contributed by atoms with Crippen LogP contribution in [0, 0.1) is 10.1 Å². The summed E-state index contributed by atoms with van der Waals surface area (Å²) in [6.45, 7) is 4.28. The second kappa shape index (κ2) is 10.9. The van der Waals surface area contributed by atoms with Crippen molar-refractivity contribution >= 4 is 17.5 Å². The van der Waals surface area contributed by atoms with Crippen molar-refractivity contribution in [3.8, 4) is 5.75 Å². The van der Waals surface area contributed by atoms with Crippen molar-refractivity contribution in [3.05, 3.63) is 69.8 Å². The zero-order valence-corrected chi connectivity index (χ0v) is 17.5. The standard InChI is InChI=1S/C22H27N3O5/c1-4-12-23-22(27)16(2)24(15-17-8-7-10-19(13-17)30-3)21(26)14-18-9-5-6-11-20(18)25(28)29/h5-11,13,16H,4,12,14-15H2,1-3H3,(H,23,27)/t16-/m0/s1. The number of rotatable bonds is 10. The lowest BCUT2D eigenvalue weighted by molar-refractivity contribution is -0.385. The average Bonchev–Trinajstić information content (AvgIpc) is 2.75. The molecule has 0 aliphatic rings. The van der Waals surface area contributed by atoms with Crippen molar-refractivity contribution < 1.29 is 19.2 Å². The summed E-state index contributed by atoms with van der Waals surface area (Å²) in [5, 5.41) is 14.1. The minimum atomic E-state index is -0.738.